The number of carbonyl (C=O) groups excluding carboxylic acids is 1. The number of hydrogen-bond acceptors (Lipinski definition) is 1. The van der Waals surface area contributed by atoms with Crippen LogP contribution < -0.4 is 10.6 Å². The molecule has 2 bridgehead atoms. The van der Waals surface area contributed by atoms with Gasteiger partial charge in [-0.25, -0.2) is 4.79 Å². The van der Waals surface area contributed by atoms with Crippen molar-refractivity contribution in [3.8, 4) is 0 Å². The van der Waals surface area contributed by atoms with E-state index in [1.165, 1.54) is 19.3 Å². The van der Waals surface area contributed by atoms with Gasteiger partial charge in [0.25, 0.3) is 0 Å². The van der Waals surface area contributed by atoms with Gasteiger partial charge in [-0.15, -0.1) is 0 Å². The number of urea groups is 1. The summed E-state index contributed by atoms with van der Waals surface area (Å²) in [6.45, 7) is -1.26. The topological polar surface area (TPSA) is 41.1 Å². The second-order valence-corrected chi connectivity index (χ2v) is 5.46. The third kappa shape index (κ3) is 1.98. The highest BCUT2D eigenvalue weighted by Gasteiger charge is 2.65. The van der Waals surface area contributed by atoms with E-state index in [4.69, 9.17) is 0 Å². The van der Waals surface area contributed by atoms with Crippen molar-refractivity contribution in [1.82, 2.24) is 10.6 Å². The molecule has 96 valence electrons. The number of carbonyl (C=O) groups is 1. The summed E-state index contributed by atoms with van der Waals surface area (Å²) < 4.78 is 35.7. The largest absolute Gasteiger partial charge is 0.405 e. The van der Waals surface area contributed by atoms with Crippen LogP contribution in [0.3, 0.4) is 0 Å². The van der Waals surface area contributed by atoms with Gasteiger partial charge in [0.1, 0.15) is 6.54 Å². The predicted molar refractivity (Wildman–Crippen MR) is 54.2 cm³/mol. The molecule has 0 radical (unpaired) electrons. The zero-order chi connectivity index (χ0) is 12.2. The fourth-order valence-corrected chi connectivity index (χ4v) is 3.90. The molecule has 3 nitrogen and oxygen atoms in total. The Morgan fingerprint density at radius 1 is 1.18 bits per heavy atom. The number of hydrogen-bond donors (Lipinski definition) is 2. The maximum atomic E-state index is 11.9. The summed E-state index contributed by atoms with van der Waals surface area (Å²) in [6, 6.07) is -0.546. The average Bonchev–Trinajstić information content (AvgIpc) is 2.66. The second-order valence-electron chi connectivity index (χ2n) is 5.46. The van der Waals surface area contributed by atoms with Gasteiger partial charge in [-0.2, -0.15) is 13.2 Å². The van der Waals surface area contributed by atoms with E-state index in [9.17, 15) is 18.0 Å². The van der Waals surface area contributed by atoms with E-state index < -0.39 is 18.8 Å². The molecule has 0 aromatic carbocycles. The van der Waals surface area contributed by atoms with Crippen LogP contribution in [0.25, 0.3) is 0 Å². The van der Waals surface area contributed by atoms with Crippen LogP contribution >= 0.6 is 0 Å². The van der Waals surface area contributed by atoms with Crippen molar-refractivity contribution in [3.63, 3.8) is 0 Å². The van der Waals surface area contributed by atoms with Gasteiger partial charge >= 0.3 is 12.2 Å². The molecule has 0 aliphatic heterocycles. The molecule has 0 aromatic heterocycles. The summed E-state index contributed by atoms with van der Waals surface area (Å²) >= 11 is 0. The van der Waals surface area contributed by atoms with Crippen LogP contribution in [-0.4, -0.2) is 24.8 Å². The minimum atomic E-state index is -4.34. The molecule has 4 unspecified atom stereocenters. The van der Waals surface area contributed by atoms with Crippen molar-refractivity contribution in [2.24, 2.45) is 23.7 Å². The first-order valence-electron chi connectivity index (χ1n) is 6.07. The van der Waals surface area contributed by atoms with Gasteiger partial charge in [-0.3, -0.25) is 0 Å². The minimum Gasteiger partial charge on any atom is -0.335 e. The standard InChI is InChI=1S/C11H15F3N2O/c12-11(13,14)4-15-10(17)16-9-7-5-1-2-6(3-5)8(7)9/h5-9H,1-4H2,(H2,15,16,17). The first kappa shape index (κ1) is 11.2. The van der Waals surface area contributed by atoms with E-state index in [-0.39, 0.29) is 6.04 Å². The average molecular weight is 248 g/mol. The summed E-state index contributed by atoms with van der Waals surface area (Å²) in [7, 11) is 0. The predicted octanol–water partition coefficient (Wildman–Crippen LogP) is 1.89. The van der Waals surface area contributed by atoms with Crippen molar-refractivity contribution in [2.45, 2.75) is 31.5 Å². The van der Waals surface area contributed by atoms with E-state index in [0.29, 0.717) is 23.7 Å². The lowest BCUT2D eigenvalue weighted by Crippen LogP contribution is -2.43. The molecule has 4 atom stereocenters. The van der Waals surface area contributed by atoms with Gasteiger partial charge in [0.15, 0.2) is 0 Å². The third-order valence-corrected chi connectivity index (χ3v) is 4.48. The van der Waals surface area contributed by atoms with Crippen LogP contribution in [0.1, 0.15) is 19.3 Å². The molecule has 2 amide bonds. The van der Waals surface area contributed by atoms with E-state index in [2.05, 4.69) is 5.32 Å². The summed E-state index contributed by atoms with van der Waals surface area (Å²) in [4.78, 5) is 11.3. The zero-order valence-electron chi connectivity index (χ0n) is 9.26. The van der Waals surface area contributed by atoms with Crippen LogP contribution in [0.15, 0.2) is 0 Å². The smallest absolute Gasteiger partial charge is 0.335 e. The zero-order valence-corrected chi connectivity index (χ0v) is 9.26. The van der Waals surface area contributed by atoms with Crippen molar-refractivity contribution in [3.05, 3.63) is 0 Å². The Balaban J connectivity index is 1.45. The lowest BCUT2D eigenvalue weighted by atomic mass is 10.0. The van der Waals surface area contributed by atoms with Crippen molar-refractivity contribution >= 4 is 6.03 Å². The molecule has 3 saturated carbocycles. The van der Waals surface area contributed by atoms with Gasteiger partial charge in [-0.05, 0) is 42.9 Å². The quantitative estimate of drug-likeness (QED) is 0.769. The summed E-state index contributed by atoms with van der Waals surface area (Å²) in [5.74, 6) is 2.51. The molecular formula is C11H15F3N2O. The molecule has 3 aliphatic rings. The Hall–Kier alpha value is -0.940. The van der Waals surface area contributed by atoms with Gasteiger partial charge in [-0.1, -0.05) is 0 Å². The molecule has 0 spiro atoms. The van der Waals surface area contributed by atoms with E-state index in [1.807, 2.05) is 5.32 Å². The molecule has 2 N–H and O–H groups in total. The first-order chi connectivity index (χ1) is 7.96. The van der Waals surface area contributed by atoms with Crippen LogP contribution in [0.5, 0.6) is 0 Å². The Bertz CT molecular complexity index is 328. The van der Waals surface area contributed by atoms with Crippen LogP contribution in [0, 0.1) is 23.7 Å². The molecule has 3 fully saturated rings. The minimum absolute atomic E-state index is 0.134. The normalized spacial score (nSPS) is 42.2. The van der Waals surface area contributed by atoms with Gasteiger partial charge in [0.05, 0.1) is 0 Å². The molecule has 17 heavy (non-hydrogen) atoms. The number of rotatable bonds is 2. The molecule has 6 heteroatoms. The van der Waals surface area contributed by atoms with E-state index in [1.54, 1.807) is 0 Å². The lowest BCUT2D eigenvalue weighted by molar-refractivity contribution is -0.122. The lowest BCUT2D eigenvalue weighted by Gasteiger charge is -2.12. The van der Waals surface area contributed by atoms with Crippen LogP contribution in [0.4, 0.5) is 18.0 Å². The van der Waals surface area contributed by atoms with Crippen molar-refractivity contribution in [2.75, 3.05) is 6.54 Å². The third-order valence-electron chi connectivity index (χ3n) is 4.48. The number of amides is 2. The summed E-state index contributed by atoms with van der Waals surface area (Å²) in [5.41, 5.74) is 0. The molecule has 3 aliphatic carbocycles. The maximum absolute atomic E-state index is 11.9. The van der Waals surface area contributed by atoms with E-state index >= 15 is 0 Å². The molecule has 0 saturated heterocycles. The fourth-order valence-electron chi connectivity index (χ4n) is 3.90. The molecule has 0 heterocycles. The highest BCUT2D eigenvalue weighted by Crippen LogP contribution is 2.65. The monoisotopic (exact) mass is 248 g/mol. The highest BCUT2D eigenvalue weighted by molar-refractivity contribution is 5.74. The van der Waals surface area contributed by atoms with Gasteiger partial charge < -0.3 is 10.6 Å². The number of halogens is 3. The molecule has 0 aromatic rings. The fraction of sp³-hybridized carbons (Fsp3) is 0.909. The van der Waals surface area contributed by atoms with Gasteiger partial charge in [0.2, 0.25) is 0 Å². The first-order valence-corrected chi connectivity index (χ1v) is 6.07. The Morgan fingerprint density at radius 2 is 1.76 bits per heavy atom. The van der Waals surface area contributed by atoms with Gasteiger partial charge in [0, 0.05) is 6.04 Å². The Labute approximate surface area is 97.1 Å². The number of nitrogens with one attached hydrogen (secondary N) is 2. The Morgan fingerprint density at radius 3 is 2.29 bits per heavy atom. The maximum Gasteiger partial charge on any atom is 0.405 e. The Kier molecular flexibility index (Phi) is 2.32. The van der Waals surface area contributed by atoms with Crippen LogP contribution in [0.2, 0.25) is 0 Å². The SMILES string of the molecule is O=C(NCC(F)(F)F)NC1C2C3CCC(C3)C12. The van der Waals surface area contributed by atoms with E-state index in [0.717, 1.165) is 0 Å². The molecular weight excluding hydrogens is 233 g/mol. The van der Waals surface area contributed by atoms with Crippen molar-refractivity contribution in [1.29, 1.82) is 0 Å². The van der Waals surface area contributed by atoms with Crippen molar-refractivity contribution < 1.29 is 18.0 Å². The highest BCUT2D eigenvalue weighted by atomic mass is 19.4. The summed E-state index contributed by atoms with van der Waals surface area (Å²) in [6.07, 6.45) is -0.615. The molecule has 3 rings (SSSR count). The second kappa shape index (κ2) is 3.53. The number of alkyl halides is 3. The summed E-state index contributed by atoms with van der Waals surface area (Å²) in [5, 5.41) is 4.54. The number of fused-ring (bicyclic) bond motifs is 5. The van der Waals surface area contributed by atoms with Crippen LogP contribution in [-0.2, 0) is 0 Å².